The van der Waals surface area contributed by atoms with Gasteiger partial charge in [-0.15, -0.1) is 0 Å². The topological polar surface area (TPSA) is 29.5 Å². The molecule has 0 radical (unpaired) electrons. The molecule has 0 saturated heterocycles. The fourth-order valence-corrected chi connectivity index (χ4v) is 2.63. The van der Waals surface area contributed by atoms with Crippen LogP contribution in [-0.2, 0) is 4.79 Å². The Morgan fingerprint density at radius 1 is 1.33 bits per heavy atom. The Balaban J connectivity index is 2.17. The molecule has 1 aliphatic rings. The van der Waals surface area contributed by atoms with Crippen LogP contribution >= 0.6 is 11.6 Å². The van der Waals surface area contributed by atoms with E-state index in [-0.39, 0.29) is 18.2 Å². The van der Waals surface area contributed by atoms with Crippen molar-refractivity contribution in [1.82, 2.24) is 0 Å². The summed E-state index contributed by atoms with van der Waals surface area (Å²) in [6.07, 6.45) is 0. The minimum Gasteiger partial charge on any atom is -0.481 e. The van der Waals surface area contributed by atoms with Crippen LogP contribution in [0.2, 0.25) is 5.02 Å². The van der Waals surface area contributed by atoms with Gasteiger partial charge in [0.25, 0.3) is 5.91 Å². The summed E-state index contributed by atoms with van der Waals surface area (Å²) >= 11 is 6.29. The van der Waals surface area contributed by atoms with Crippen molar-refractivity contribution >= 4 is 23.2 Å². The summed E-state index contributed by atoms with van der Waals surface area (Å²) in [5.74, 6) is -0.428. The molecule has 0 saturated carbocycles. The maximum absolute atomic E-state index is 14.4. The van der Waals surface area contributed by atoms with Gasteiger partial charge in [0.2, 0.25) is 0 Å². The van der Waals surface area contributed by atoms with Crippen molar-refractivity contribution < 1.29 is 13.9 Å². The molecule has 0 N–H and O–H groups in total. The van der Waals surface area contributed by atoms with Gasteiger partial charge in [0.05, 0.1) is 5.02 Å². The number of amides is 1. The van der Waals surface area contributed by atoms with Gasteiger partial charge in [-0.2, -0.15) is 0 Å². The number of anilines is 1. The SMILES string of the molecule is Cc1cccc(-c2cc(F)c3c(c2)OCC(=O)N3C)c1Cl. The summed E-state index contributed by atoms with van der Waals surface area (Å²) in [4.78, 5) is 12.8. The third-order valence-corrected chi connectivity index (χ3v) is 4.09. The van der Waals surface area contributed by atoms with Gasteiger partial charge < -0.3 is 9.64 Å². The molecule has 1 heterocycles. The molecule has 2 aromatic carbocycles. The standard InChI is InChI=1S/C16H13ClFNO2/c1-9-4-3-5-11(15(9)17)10-6-12(18)16-13(7-10)21-8-14(20)19(16)2/h3-7H,8H2,1-2H3. The zero-order valence-electron chi connectivity index (χ0n) is 11.6. The van der Waals surface area contributed by atoms with Crippen LogP contribution in [0, 0.1) is 12.7 Å². The second-order valence-corrected chi connectivity index (χ2v) is 5.36. The van der Waals surface area contributed by atoms with Gasteiger partial charge in [0, 0.05) is 12.6 Å². The number of ether oxygens (including phenoxy) is 1. The lowest BCUT2D eigenvalue weighted by Crippen LogP contribution is -2.36. The van der Waals surface area contributed by atoms with Crippen molar-refractivity contribution in [2.24, 2.45) is 0 Å². The molecule has 5 heteroatoms. The van der Waals surface area contributed by atoms with E-state index in [9.17, 15) is 9.18 Å². The number of rotatable bonds is 1. The summed E-state index contributed by atoms with van der Waals surface area (Å²) in [6, 6.07) is 8.67. The van der Waals surface area contributed by atoms with Crippen molar-refractivity contribution in [3.05, 3.63) is 46.7 Å². The Morgan fingerprint density at radius 2 is 2.10 bits per heavy atom. The third-order valence-electron chi connectivity index (χ3n) is 3.59. The second kappa shape index (κ2) is 5.04. The number of aryl methyl sites for hydroxylation is 1. The Bertz CT molecular complexity index is 745. The van der Waals surface area contributed by atoms with Crippen molar-refractivity contribution in [2.45, 2.75) is 6.92 Å². The maximum Gasteiger partial charge on any atom is 0.264 e. The molecule has 0 fully saturated rings. The maximum atomic E-state index is 14.4. The van der Waals surface area contributed by atoms with Crippen LogP contribution in [0.4, 0.5) is 10.1 Å². The molecule has 3 nitrogen and oxygen atoms in total. The van der Waals surface area contributed by atoms with Crippen molar-refractivity contribution in [1.29, 1.82) is 0 Å². The monoisotopic (exact) mass is 305 g/mol. The van der Waals surface area contributed by atoms with Gasteiger partial charge in [0.1, 0.15) is 11.4 Å². The van der Waals surface area contributed by atoms with E-state index in [1.807, 2.05) is 25.1 Å². The fraction of sp³-hybridized carbons (Fsp3) is 0.188. The predicted molar refractivity (Wildman–Crippen MR) is 80.5 cm³/mol. The lowest BCUT2D eigenvalue weighted by Gasteiger charge is -2.27. The van der Waals surface area contributed by atoms with E-state index in [4.69, 9.17) is 16.3 Å². The summed E-state index contributed by atoms with van der Waals surface area (Å²) in [5, 5.41) is 0.581. The molecule has 2 aromatic rings. The molecule has 108 valence electrons. The van der Waals surface area contributed by atoms with Crippen LogP contribution in [0.15, 0.2) is 30.3 Å². The van der Waals surface area contributed by atoms with Gasteiger partial charge in [-0.25, -0.2) is 4.39 Å². The van der Waals surface area contributed by atoms with Crippen LogP contribution in [0.1, 0.15) is 5.56 Å². The van der Waals surface area contributed by atoms with Crippen LogP contribution < -0.4 is 9.64 Å². The predicted octanol–water partition coefficient (Wildman–Crippen LogP) is 3.81. The first kappa shape index (κ1) is 13.9. The van der Waals surface area contributed by atoms with E-state index >= 15 is 0 Å². The molecule has 0 aromatic heterocycles. The minimum absolute atomic E-state index is 0.0893. The third kappa shape index (κ3) is 2.25. The fourth-order valence-electron chi connectivity index (χ4n) is 2.40. The Morgan fingerprint density at radius 3 is 2.86 bits per heavy atom. The van der Waals surface area contributed by atoms with Crippen LogP contribution in [-0.4, -0.2) is 19.6 Å². The van der Waals surface area contributed by atoms with E-state index in [0.29, 0.717) is 16.3 Å². The molecule has 21 heavy (non-hydrogen) atoms. The summed E-state index contributed by atoms with van der Waals surface area (Å²) in [5.41, 5.74) is 2.45. The molecule has 0 spiro atoms. The lowest BCUT2D eigenvalue weighted by atomic mass is 10.0. The van der Waals surface area contributed by atoms with Crippen LogP contribution in [0.25, 0.3) is 11.1 Å². The average Bonchev–Trinajstić information content (AvgIpc) is 2.45. The minimum atomic E-state index is -0.504. The summed E-state index contributed by atoms with van der Waals surface area (Å²) < 4.78 is 19.7. The largest absolute Gasteiger partial charge is 0.481 e. The number of benzene rings is 2. The molecule has 1 amide bonds. The first-order valence-corrected chi connectivity index (χ1v) is 6.85. The van der Waals surface area contributed by atoms with Gasteiger partial charge >= 0.3 is 0 Å². The Labute approximate surface area is 126 Å². The van der Waals surface area contributed by atoms with E-state index in [1.165, 1.54) is 18.0 Å². The zero-order valence-corrected chi connectivity index (χ0v) is 12.4. The quantitative estimate of drug-likeness (QED) is 0.802. The highest BCUT2D eigenvalue weighted by Gasteiger charge is 2.26. The number of hydrogen-bond donors (Lipinski definition) is 0. The van der Waals surface area contributed by atoms with Gasteiger partial charge in [-0.3, -0.25) is 4.79 Å². The summed E-state index contributed by atoms with van der Waals surface area (Å²) in [6.45, 7) is 1.80. The molecule has 0 atom stereocenters. The lowest BCUT2D eigenvalue weighted by molar-refractivity contribution is -0.121. The van der Waals surface area contributed by atoms with Crippen LogP contribution in [0.3, 0.4) is 0 Å². The van der Waals surface area contributed by atoms with E-state index in [2.05, 4.69) is 0 Å². The number of carbonyl (C=O) groups excluding carboxylic acids is 1. The Kier molecular flexibility index (Phi) is 3.33. The second-order valence-electron chi connectivity index (χ2n) is 4.98. The zero-order chi connectivity index (χ0) is 15.1. The number of fused-ring (bicyclic) bond motifs is 1. The van der Waals surface area contributed by atoms with Gasteiger partial charge in [0.15, 0.2) is 12.4 Å². The number of halogens is 2. The highest BCUT2D eigenvalue weighted by atomic mass is 35.5. The molecule has 0 aliphatic carbocycles. The van der Waals surface area contributed by atoms with Gasteiger partial charge in [-0.05, 0) is 30.2 Å². The molecule has 1 aliphatic heterocycles. The smallest absolute Gasteiger partial charge is 0.264 e. The highest BCUT2D eigenvalue weighted by molar-refractivity contribution is 6.34. The highest BCUT2D eigenvalue weighted by Crippen LogP contribution is 2.40. The molecule has 0 unspecified atom stereocenters. The molecule has 3 rings (SSSR count). The molecular formula is C16H13ClFNO2. The number of hydrogen-bond acceptors (Lipinski definition) is 2. The van der Waals surface area contributed by atoms with Crippen molar-refractivity contribution in [3.63, 3.8) is 0 Å². The first-order valence-electron chi connectivity index (χ1n) is 6.47. The number of likely N-dealkylation sites (N-methyl/N-ethyl adjacent to an activating group) is 1. The van der Waals surface area contributed by atoms with E-state index < -0.39 is 5.82 Å². The first-order chi connectivity index (χ1) is 9.99. The average molecular weight is 306 g/mol. The molecular weight excluding hydrogens is 293 g/mol. The molecule has 0 bridgehead atoms. The van der Waals surface area contributed by atoms with Gasteiger partial charge in [-0.1, -0.05) is 29.8 Å². The van der Waals surface area contributed by atoms with Crippen molar-refractivity contribution in [3.8, 4) is 16.9 Å². The van der Waals surface area contributed by atoms with Crippen molar-refractivity contribution in [2.75, 3.05) is 18.6 Å². The van der Waals surface area contributed by atoms with Crippen LogP contribution in [0.5, 0.6) is 5.75 Å². The number of carbonyl (C=O) groups is 1. The number of nitrogens with zero attached hydrogens (tertiary/aromatic N) is 1. The van der Waals surface area contributed by atoms with E-state index in [0.717, 1.165) is 11.1 Å². The normalized spacial score (nSPS) is 13.9. The Hall–Kier alpha value is -2.07. The van der Waals surface area contributed by atoms with E-state index in [1.54, 1.807) is 6.07 Å². The summed E-state index contributed by atoms with van der Waals surface area (Å²) in [7, 11) is 1.53.